The Kier molecular flexibility index (Phi) is 5.65. The average Bonchev–Trinajstić information content (AvgIpc) is 2.46. The minimum Gasteiger partial charge on any atom is -0.444 e. The molecule has 0 radical (unpaired) electrons. The van der Waals surface area contributed by atoms with Crippen molar-refractivity contribution in [3.63, 3.8) is 0 Å². The third-order valence-corrected chi connectivity index (χ3v) is 3.83. The predicted molar refractivity (Wildman–Crippen MR) is 88.1 cm³/mol. The van der Waals surface area contributed by atoms with E-state index in [0.29, 0.717) is 36.7 Å². The third kappa shape index (κ3) is 4.94. The van der Waals surface area contributed by atoms with Crippen LogP contribution >= 0.6 is 11.6 Å². The van der Waals surface area contributed by atoms with Gasteiger partial charge < -0.3 is 14.4 Å². The van der Waals surface area contributed by atoms with Crippen molar-refractivity contribution in [2.75, 3.05) is 19.7 Å². The van der Waals surface area contributed by atoms with Crippen molar-refractivity contribution in [3.05, 3.63) is 34.3 Å². The summed E-state index contributed by atoms with van der Waals surface area (Å²) in [5, 5.41) is 0.428. The van der Waals surface area contributed by atoms with E-state index in [1.807, 2.05) is 26.8 Å². The molecule has 0 bridgehead atoms. The molecule has 0 N–H and O–H groups in total. The number of rotatable bonds is 3. The maximum atomic E-state index is 12.2. The zero-order valence-corrected chi connectivity index (χ0v) is 14.4. The summed E-state index contributed by atoms with van der Waals surface area (Å²) in [5.41, 5.74) is 0.776. The molecule has 126 valence electrons. The summed E-state index contributed by atoms with van der Waals surface area (Å²) < 4.78 is 11.1. The molecule has 1 aliphatic rings. The number of nitrogens with zero attached hydrogens (tertiary/aromatic N) is 1. The first-order valence-corrected chi connectivity index (χ1v) is 8.00. The molecular formula is C17H22ClNO4. The van der Waals surface area contributed by atoms with Crippen LogP contribution in [0.3, 0.4) is 0 Å². The molecule has 5 nitrogen and oxygen atoms in total. The van der Waals surface area contributed by atoms with Gasteiger partial charge in [0, 0.05) is 18.5 Å². The van der Waals surface area contributed by atoms with E-state index in [1.54, 1.807) is 17.0 Å². The van der Waals surface area contributed by atoms with Gasteiger partial charge in [0.25, 0.3) is 0 Å². The molecule has 1 unspecified atom stereocenters. The Hall–Kier alpha value is -1.59. The Morgan fingerprint density at radius 2 is 2.22 bits per heavy atom. The number of carbonyl (C=O) groups excluding carboxylic acids is 2. The van der Waals surface area contributed by atoms with Crippen molar-refractivity contribution >= 4 is 24.0 Å². The molecule has 6 heteroatoms. The highest BCUT2D eigenvalue weighted by Crippen LogP contribution is 2.21. The van der Waals surface area contributed by atoms with E-state index in [2.05, 4.69) is 0 Å². The zero-order chi connectivity index (χ0) is 17.0. The van der Waals surface area contributed by atoms with Crippen LogP contribution in [0.1, 0.15) is 36.7 Å². The van der Waals surface area contributed by atoms with E-state index in [4.69, 9.17) is 21.1 Å². The highest BCUT2D eigenvalue weighted by Gasteiger charge is 2.28. The number of aldehydes is 1. The first-order chi connectivity index (χ1) is 10.8. The van der Waals surface area contributed by atoms with E-state index in [9.17, 15) is 9.59 Å². The average molecular weight is 340 g/mol. The zero-order valence-electron chi connectivity index (χ0n) is 13.7. The minimum atomic E-state index is -0.525. The van der Waals surface area contributed by atoms with Gasteiger partial charge in [-0.15, -0.1) is 0 Å². The second-order valence-corrected chi connectivity index (χ2v) is 6.96. The van der Waals surface area contributed by atoms with Crippen molar-refractivity contribution in [1.82, 2.24) is 4.90 Å². The molecule has 1 saturated heterocycles. The van der Waals surface area contributed by atoms with E-state index >= 15 is 0 Å². The monoisotopic (exact) mass is 339 g/mol. The van der Waals surface area contributed by atoms with Crippen molar-refractivity contribution < 1.29 is 19.1 Å². The first-order valence-electron chi connectivity index (χ1n) is 7.62. The lowest BCUT2D eigenvalue weighted by molar-refractivity contribution is -0.0415. The lowest BCUT2D eigenvalue weighted by Gasteiger charge is -2.34. The van der Waals surface area contributed by atoms with Gasteiger partial charge in [-0.05, 0) is 32.4 Å². The molecule has 0 aliphatic carbocycles. The van der Waals surface area contributed by atoms with Crippen LogP contribution < -0.4 is 0 Å². The van der Waals surface area contributed by atoms with Crippen LogP contribution in [0.25, 0.3) is 0 Å². The smallest absolute Gasteiger partial charge is 0.410 e. The van der Waals surface area contributed by atoms with Gasteiger partial charge in [-0.1, -0.05) is 23.7 Å². The highest BCUT2D eigenvalue weighted by atomic mass is 35.5. The van der Waals surface area contributed by atoms with Gasteiger partial charge in [-0.3, -0.25) is 4.79 Å². The summed E-state index contributed by atoms with van der Waals surface area (Å²) in [6.45, 7) is 6.89. The number of hydrogen-bond acceptors (Lipinski definition) is 4. The molecule has 2 rings (SSSR count). The van der Waals surface area contributed by atoms with Crippen LogP contribution in [0.5, 0.6) is 0 Å². The molecule has 1 heterocycles. The molecule has 0 aromatic heterocycles. The van der Waals surface area contributed by atoms with Crippen LogP contribution in [0.2, 0.25) is 5.02 Å². The van der Waals surface area contributed by atoms with Gasteiger partial charge in [0.2, 0.25) is 0 Å². The van der Waals surface area contributed by atoms with E-state index in [-0.39, 0.29) is 12.2 Å². The number of benzene rings is 1. The molecule has 1 aromatic carbocycles. The quantitative estimate of drug-likeness (QED) is 0.793. The lowest BCUT2D eigenvalue weighted by Crippen LogP contribution is -2.48. The Bertz CT molecular complexity index is 582. The molecule has 1 aromatic rings. The molecule has 1 atom stereocenters. The summed E-state index contributed by atoms with van der Waals surface area (Å²) in [4.78, 5) is 25.0. The van der Waals surface area contributed by atoms with E-state index in [0.717, 1.165) is 11.8 Å². The fourth-order valence-corrected chi connectivity index (χ4v) is 2.71. The summed E-state index contributed by atoms with van der Waals surface area (Å²) in [5.74, 6) is 0. The number of amides is 1. The number of hydrogen-bond donors (Lipinski definition) is 0. The van der Waals surface area contributed by atoms with Crippen LogP contribution in [-0.4, -0.2) is 48.7 Å². The third-order valence-electron chi connectivity index (χ3n) is 3.50. The Balaban J connectivity index is 2.03. The number of ether oxygens (including phenoxy) is 2. The number of morpholine rings is 1. The van der Waals surface area contributed by atoms with Gasteiger partial charge in [-0.25, -0.2) is 4.79 Å². The molecule has 0 saturated carbocycles. The van der Waals surface area contributed by atoms with Crippen molar-refractivity contribution in [2.45, 2.75) is 38.9 Å². The lowest BCUT2D eigenvalue weighted by atomic mass is 10.0. The van der Waals surface area contributed by atoms with Crippen LogP contribution in [0, 0.1) is 0 Å². The molecule has 23 heavy (non-hydrogen) atoms. The Morgan fingerprint density at radius 3 is 2.87 bits per heavy atom. The topological polar surface area (TPSA) is 55.8 Å². The second-order valence-electron chi connectivity index (χ2n) is 6.55. The fraction of sp³-hybridized carbons (Fsp3) is 0.529. The molecule has 1 aliphatic heterocycles. The largest absolute Gasteiger partial charge is 0.444 e. The Morgan fingerprint density at radius 1 is 1.48 bits per heavy atom. The van der Waals surface area contributed by atoms with E-state index in [1.165, 1.54) is 0 Å². The summed E-state index contributed by atoms with van der Waals surface area (Å²) >= 11 is 6.04. The maximum Gasteiger partial charge on any atom is 0.410 e. The molecule has 1 amide bonds. The fourth-order valence-electron chi connectivity index (χ4n) is 2.47. The van der Waals surface area contributed by atoms with Crippen LogP contribution in [-0.2, 0) is 15.9 Å². The standard InChI is InChI=1S/C17H22ClNO4/c1-17(2,3)23-16(21)19-7-8-22-13(10-19)9-12-5-4-6-15(18)14(12)11-20/h4-6,11,13H,7-10H2,1-3H3. The summed E-state index contributed by atoms with van der Waals surface area (Å²) in [7, 11) is 0. The summed E-state index contributed by atoms with van der Waals surface area (Å²) in [6, 6.07) is 5.34. The number of halogens is 1. The predicted octanol–water partition coefficient (Wildman–Crippen LogP) is 3.33. The Labute approximate surface area is 141 Å². The van der Waals surface area contributed by atoms with Gasteiger partial charge in [0.1, 0.15) is 5.60 Å². The van der Waals surface area contributed by atoms with Gasteiger partial charge in [0.15, 0.2) is 6.29 Å². The molecule has 1 fully saturated rings. The van der Waals surface area contributed by atoms with E-state index < -0.39 is 5.60 Å². The summed E-state index contributed by atoms with van der Waals surface area (Å²) in [6.07, 6.45) is 0.751. The van der Waals surface area contributed by atoms with Crippen molar-refractivity contribution in [3.8, 4) is 0 Å². The van der Waals surface area contributed by atoms with Gasteiger partial charge >= 0.3 is 6.09 Å². The van der Waals surface area contributed by atoms with Gasteiger partial charge in [0.05, 0.1) is 24.3 Å². The van der Waals surface area contributed by atoms with Crippen LogP contribution in [0.4, 0.5) is 4.79 Å². The van der Waals surface area contributed by atoms with Gasteiger partial charge in [-0.2, -0.15) is 0 Å². The highest BCUT2D eigenvalue weighted by molar-refractivity contribution is 6.33. The van der Waals surface area contributed by atoms with Crippen LogP contribution in [0.15, 0.2) is 18.2 Å². The second kappa shape index (κ2) is 7.32. The van der Waals surface area contributed by atoms with Crippen molar-refractivity contribution in [1.29, 1.82) is 0 Å². The number of carbonyl (C=O) groups is 2. The molecule has 0 spiro atoms. The SMILES string of the molecule is CC(C)(C)OC(=O)N1CCOC(Cc2cccc(Cl)c2C=O)C1. The minimum absolute atomic E-state index is 0.187. The normalized spacial score (nSPS) is 18.6. The molecular weight excluding hydrogens is 318 g/mol. The van der Waals surface area contributed by atoms with Crippen molar-refractivity contribution in [2.24, 2.45) is 0 Å². The maximum absolute atomic E-state index is 12.2. The first kappa shape index (κ1) is 17.8.